The van der Waals surface area contributed by atoms with Crippen LogP contribution in [0.1, 0.15) is 65.2 Å². The van der Waals surface area contributed by atoms with Gasteiger partial charge in [-0.25, -0.2) is 0 Å². The van der Waals surface area contributed by atoms with E-state index in [0.29, 0.717) is 11.3 Å². The SMILES string of the molecule is CC(O)C1CCC2C3CC=C4CC(O)CCC4C3CCC12C. The minimum absolute atomic E-state index is 0.0843. The van der Waals surface area contributed by atoms with E-state index >= 15 is 0 Å². The lowest BCUT2D eigenvalue weighted by Gasteiger charge is -2.54. The zero-order valence-corrected chi connectivity index (χ0v) is 14.2. The Balaban J connectivity index is 1.60. The summed E-state index contributed by atoms with van der Waals surface area (Å²) in [4.78, 5) is 0. The minimum Gasteiger partial charge on any atom is -0.393 e. The summed E-state index contributed by atoms with van der Waals surface area (Å²) in [5, 5.41) is 20.2. The zero-order chi connectivity index (χ0) is 15.5. The predicted octanol–water partition coefficient (Wildman–Crippen LogP) is 3.92. The van der Waals surface area contributed by atoms with Crippen molar-refractivity contribution in [3.05, 3.63) is 11.6 Å². The molecule has 0 saturated heterocycles. The number of aliphatic hydroxyl groups excluding tert-OH is 2. The molecule has 4 rings (SSSR count). The number of aliphatic hydroxyl groups is 2. The lowest BCUT2D eigenvalue weighted by Crippen LogP contribution is -2.47. The van der Waals surface area contributed by atoms with Gasteiger partial charge in [-0.05, 0) is 93.3 Å². The molecule has 22 heavy (non-hydrogen) atoms. The summed E-state index contributed by atoms with van der Waals surface area (Å²) >= 11 is 0. The molecular weight excluding hydrogens is 272 g/mol. The molecule has 4 aliphatic rings. The number of hydrogen-bond acceptors (Lipinski definition) is 2. The highest BCUT2D eigenvalue weighted by atomic mass is 16.3. The van der Waals surface area contributed by atoms with Crippen LogP contribution in [0.15, 0.2) is 11.6 Å². The first-order valence-electron chi connectivity index (χ1n) is 9.55. The Bertz CT molecular complexity index is 468. The molecule has 4 aliphatic carbocycles. The summed E-state index contributed by atoms with van der Waals surface area (Å²) in [5.74, 6) is 3.79. The number of fused-ring (bicyclic) bond motifs is 5. The molecule has 0 aromatic carbocycles. The van der Waals surface area contributed by atoms with E-state index in [1.54, 1.807) is 5.57 Å². The Morgan fingerprint density at radius 3 is 2.73 bits per heavy atom. The summed E-state index contributed by atoms with van der Waals surface area (Å²) in [6.07, 6.45) is 11.8. The monoisotopic (exact) mass is 304 g/mol. The first kappa shape index (κ1) is 15.2. The van der Waals surface area contributed by atoms with Gasteiger partial charge in [0.05, 0.1) is 12.2 Å². The van der Waals surface area contributed by atoms with Crippen molar-refractivity contribution in [1.82, 2.24) is 0 Å². The van der Waals surface area contributed by atoms with Gasteiger partial charge in [0.2, 0.25) is 0 Å². The largest absolute Gasteiger partial charge is 0.393 e. The number of rotatable bonds is 1. The fourth-order valence-electron chi connectivity index (χ4n) is 7.08. The molecule has 8 atom stereocenters. The smallest absolute Gasteiger partial charge is 0.0577 e. The molecule has 2 nitrogen and oxygen atoms in total. The average molecular weight is 304 g/mol. The zero-order valence-electron chi connectivity index (χ0n) is 14.2. The molecule has 0 heterocycles. The van der Waals surface area contributed by atoms with E-state index < -0.39 is 0 Å². The molecule has 2 N–H and O–H groups in total. The first-order chi connectivity index (χ1) is 10.5. The predicted molar refractivity (Wildman–Crippen MR) is 88.3 cm³/mol. The number of allylic oxidation sites excluding steroid dienone is 1. The third-order valence-electron chi connectivity index (χ3n) is 8.08. The molecular formula is C20H32O2. The van der Waals surface area contributed by atoms with Crippen LogP contribution < -0.4 is 0 Å². The van der Waals surface area contributed by atoms with E-state index in [4.69, 9.17) is 0 Å². The maximum Gasteiger partial charge on any atom is 0.0577 e. The summed E-state index contributed by atoms with van der Waals surface area (Å²) in [6, 6.07) is 0. The molecule has 0 radical (unpaired) electrons. The van der Waals surface area contributed by atoms with E-state index in [1.165, 1.54) is 38.5 Å². The standard InChI is InChI=1S/C20H32O2/c1-12(21)18-7-8-19-17-5-3-13-11-14(22)4-6-15(13)16(17)9-10-20(18,19)2/h3,12,14-19,21-22H,4-11H2,1-2H3. The van der Waals surface area contributed by atoms with Gasteiger partial charge in [0, 0.05) is 0 Å². The van der Waals surface area contributed by atoms with Crippen LogP contribution in [0, 0.1) is 35.0 Å². The van der Waals surface area contributed by atoms with E-state index in [9.17, 15) is 10.2 Å². The maximum atomic E-state index is 10.2. The van der Waals surface area contributed by atoms with Crippen LogP contribution in [0.2, 0.25) is 0 Å². The maximum absolute atomic E-state index is 10.2. The van der Waals surface area contributed by atoms with Crippen molar-refractivity contribution in [2.45, 2.75) is 77.4 Å². The van der Waals surface area contributed by atoms with Gasteiger partial charge < -0.3 is 10.2 Å². The van der Waals surface area contributed by atoms with Crippen molar-refractivity contribution in [1.29, 1.82) is 0 Å². The van der Waals surface area contributed by atoms with Crippen molar-refractivity contribution in [3.8, 4) is 0 Å². The highest BCUT2D eigenvalue weighted by Crippen LogP contribution is 2.63. The van der Waals surface area contributed by atoms with Crippen LogP contribution in [0.25, 0.3) is 0 Å². The van der Waals surface area contributed by atoms with E-state index in [2.05, 4.69) is 13.0 Å². The summed E-state index contributed by atoms with van der Waals surface area (Å²) < 4.78 is 0. The summed E-state index contributed by atoms with van der Waals surface area (Å²) in [5.41, 5.74) is 1.95. The second-order valence-corrected chi connectivity index (χ2v) is 8.96. The van der Waals surface area contributed by atoms with E-state index in [-0.39, 0.29) is 12.2 Å². The molecule has 3 saturated carbocycles. The van der Waals surface area contributed by atoms with Gasteiger partial charge in [0.15, 0.2) is 0 Å². The van der Waals surface area contributed by atoms with Crippen molar-refractivity contribution in [2.24, 2.45) is 35.0 Å². The molecule has 0 bridgehead atoms. The Morgan fingerprint density at radius 2 is 1.95 bits per heavy atom. The Hall–Kier alpha value is -0.340. The van der Waals surface area contributed by atoms with Gasteiger partial charge in [-0.2, -0.15) is 0 Å². The van der Waals surface area contributed by atoms with Gasteiger partial charge >= 0.3 is 0 Å². The van der Waals surface area contributed by atoms with Gasteiger partial charge in [-0.3, -0.25) is 0 Å². The highest BCUT2D eigenvalue weighted by molar-refractivity contribution is 5.20. The minimum atomic E-state index is -0.147. The van der Waals surface area contributed by atoms with Gasteiger partial charge in [-0.15, -0.1) is 0 Å². The fraction of sp³-hybridized carbons (Fsp3) is 0.900. The Labute approximate surface area is 135 Å². The topological polar surface area (TPSA) is 40.5 Å². The van der Waals surface area contributed by atoms with Gasteiger partial charge in [0.25, 0.3) is 0 Å². The summed E-state index contributed by atoms with van der Waals surface area (Å²) in [6.45, 7) is 4.48. The first-order valence-corrected chi connectivity index (χ1v) is 9.55. The normalized spacial score (nSPS) is 52.3. The lowest BCUT2D eigenvalue weighted by atomic mass is 9.51. The molecule has 2 heteroatoms. The molecule has 124 valence electrons. The Morgan fingerprint density at radius 1 is 1.14 bits per heavy atom. The third-order valence-corrected chi connectivity index (χ3v) is 8.08. The Kier molecular flexibility index (Phi) is 3.69. The summed E-state index contributed by atoms with van der Waals surface area (Å²) in [7, 11) is 0. The second-order valence-electron chi connectivity index (χ2n) is 8.96. The van der Waals surface area contributed by atoms with Crippen LogP contribution in [-0.2, 0) is 0 Å². The molecule has 0 aromatic heterocycles. The highest BCUT2D eigenvalue weighted by Gasteiger charge is 2.56. The molecule has 8 unspecified atom stereocenters. The van der Waals surface area contributed by atoms with Crippen LogP contribution in [0.3, 0.4) is 0 Å². The molecule has 3 fully saturated rings. The quantitative estimate of drug-likeness (QED) is 0.721. The average Bonchev–Trinajstić information content (AvgIpc) is 2.84. The van der Waals surface area contributed by atoms with Gasteiger partial charge in [0.1, 0.15) is 0 Å². The second kappa shape index (κ2) is 5.34. The van der Waals surface area contributed by atoms with Crippen LogP contribution >= 0.6 is 0 Å². The van der Waals surface area contributed by atoms with E-state index in [1.807, 2.05) is 6.92 Å². The van der Waals surface area contributed by atoms with Crippen LogP contribution in [-0.4, -0.2) is 22.4 Å². The van der Waals surface area contributed by atoms with Crippen LogP contribution in [0.5, 0.6) is 0 Å². The molecule has 0 spiro atoms. The molecule has 0 aromatic rings. The van der Waals surface area contributed by atoms with E-state index in [0.717, 1.165) is 36.5 Å². The molecule has 0 aliphatic heterocycles. The van der Waals surface area contributed by atoms with Crippen molar-refractivity contribution in [3.63, 3.8) is 0 Å². The third kappa shape index (κ3) is 2.13. The lowest BCUT2D eigenvalue weighted by molar-refractivity contribution is -0.0456. The van der Waals surface area contributed by atoms with Crippen molar-refractivity contribution >= 4 is 0 Å². The van der Waals surface area contributed by atoms with Crippen molar-refractivity contribution in [2.75, 3.05) is 0 Å². The molecule has 0 amide bonds. The van der Waals surface area contributed by atoms with Gasteiger partial charge in [-0.1, -0.05) is 18.6 Å². The fourth-order valence-corrected chi connectivity index (χ4v) is 7.08. The van der Waals surface area contributed by atoms with Crippen LogP contribution in [0.4, 0.5) is 0 Å². The number of hydrogen-bond donors (Lipinski definition) is 2. The van der Waals surface area contributed by atoms with Crippen molar-refractivity contribution < 1.29 is 10.2 Å².